The zero-order chi connectivity index (χ0) is 28.9. The molecule has 3 N–H and O–H groups in total. The molecule has 1 amide bonds. The average molecular weight is 598 g/mol. The van der Waals surface area contributed by atoms with Crippen molar-refractivity contribution in [1.29, 1.82) is 0 Å². The lowest BCUT2D eigenvalue weighted by Gasteiger charge is -2.31. The highest BCUT2D eigenvalue weighted by Gasteiger charge is 2.36. The van der Waals surface area contributed by atoms with Crippen LogP contribution in [0.25, 0.3) is 33.8 Å². The van der Waals surface area contributed by atoms with Crippen molar-refractivity contribution in [2.75, 3.05) is 25.4 Å². The monoisotopic (exact) mass is 597 g/mol. The van der Waals surface area contributed by atoms with E-state index >= 15 is 0 Å². The molecule has 4 aromatic rings. The van der Waals surface area contributed by atoms with Gasteiger partial charge < -0.3 is 25.0 Å². The first-order valence-electron chi connectivity index (χ1n) is 13.6. The van der Waals surface area contributed by atoms with Gasteiger partial charge in [0.25, 0.3) is 0 Å². The number of fused-ring (bicyclic) bond motifs is 1. The van der Waals surface area contributed by atoms with Crippen molar-refractivity contribution in [1.82, 2.24) is 39.8 Å². The molecule has 0 aromatic carbocycles. The molecule has 42 heavy (non-hydrogen) atoms. The highest BCUT2D eigenvalue weighted by atomic mass is 35.5. The normalized spacial score (nSPS) is 15.9. The van der Waals surface area contributed by atoms with Gasteiger partial charge in [-0.05, 0) is 57.9 Å². The van der Waals surface area contributed by atoms with Crippen LogP contribution in [0.1, 0.15) is 69.6 Å². The zero-order valence-corrected chi connectivity index (χ0v) is 24.3. The number of nitrogens with two attached hydrogens (primary N) is 1. The maximum absolute atomic E-state index is 12.1. The number of amides is 1. The van der Waals surface area contributed by atoms with E-state index in [-0.39, 0.29) is 29.8 Å². The number of halogens is 1. The summed E-state index contributed by atoms with van der Waals surface area (Å²) in [5.41, 5.74) is 9.24. The van der Waals surface area contributed by atoms with E-state index in [1.807, 2.05) is 37.8 Å². The molecule has 0 unspecified atom stereocenters. The Labute approximate surface area is 247 Å². The van der Waals surface area contributed by atoms with Gasteiger partial charge in [0, 0.05) is 31.4 Å². The number of anilines is 1. The summed E-state index contributed by atoms with van der Waals surface area (Å²) in [5, 5.41) is 18.7. The fourth-order valence-corrected chi connectivity index (χ4v) is 5.20. The first-order chi connectivity index (χ1) is 19.6. The second-order valence-electron chi connectivity index (χ2n) is 11.5. The van der Waals surface area contributed by atoms with Crippen molar-refractivity contribution in [2.24, 2.45) is 0 Å². The van der Waals surface area contributed by atoms with Crippen molar-refractivity contribution >= 4 is 41.3 Å². The highest BCUT2D eigenvalue weighted by molar-refractivity contribution is 6.00. The average Bonchev–Trinajstić information content (AvgIpc) is 3.57. The molecular formula is C27H32ClN9O5. The smallest absolute Gasteiger partial charge is 0.410 e. The fraction of sp³-hybridized carbons (Fsp3) is 0.481. The number of rotatable bonds is 6. The van der Waals surface area contributed by atoms with E-state index in [2.05, 4.69) is 15.1 Å². The Morgan fingerprint density at radius 3 is 2.36 bits per heavy atom. The van der Waals surface area contributed by atoms with E-state index in [0.717, 1.165) is 24.2 Å². The number of carbonyl (C=O) groups excluding carboxylic acids is 1. The SMILES string of the molecule is CC(C)(C)n1nc(-c2noc(C3CC3)c2-c2ncc(C3CCN(C(=O)OCC(=O)O)CC3)cn2)c2c(N)ncnc21.Cl. The number of nitrogens with zero attached hydrogens (tertiary/aromatic N) is 8. The number of carbonyl (C=O) groups is 2. The summed E-state index contributed by atoms with van der Waals surface area (Å²) in [6.07, 6.45) is 7.79. The number of aromatic nitrogens is 7. The Hall–Kier alpha value is -4.33. The summed E-state index contributed by atoms with van der Waals surface area (Å²) in [5.74, 6) is 0.728. The van der Waals surface area contributed by atoms with Gasteiger partial charge in [-0.1, -0.05) is 5.16 Å². The van der Waals surface area contributed by atoms with Crippen LogP contribution in [0.15, 0.2) is 23.2 Å². The van der Waals surface area contributed by atoms with Crippen molar-refractivity contribution < 1.29 is 24.0 Å². The molecular weight excluding hydrogens is 566 g/mol. The van der Waals surface area contributed by atoms with Gasteiger partial charge >= 0.3 is 12.1 Å². The molecule has 5 heterocycles. The third-order valence-electron chi connectivity index (χ3n) is 7.46. The molecule has 1 aliphatic heterocycles. The van der Waals surface area contributed by atoms with Crippen LogP contribution in [0, 0.1) is 0 Å². The van der Waals surface area contributed by atoms with Gasteiger partial charge in [0.05, 0.1) is 16.5 Å². The number of carboxylic acid groups (broad SMARTS) is 1. The number of piperidine rings is 1. The molecule has 0 radical (unpaired) electrons. The minimum absolute atomic E-state index is 0. The molecule has 4 aromatic heterocycles. The van der Waals surface area contributed by atoms with Crippen molar-refractivity contribution in [3.8, 4) is 22.8 Å². The molecule has 2 aliphatic rings. The van der Waals surface area contributed by atoms with Gasteiger partial charge in [-0.15, -0.1) is 12.4 Å². The second-order valence-corrected chi connectivity index (χ2v) is 11.5. The molecule has 0 spiro atoms. The van der Waals surface area contributed by atoms with E-state index in [9.17, 15) is 9.59 Å². The summed E-state index contributed by atoms with van der Waals surface area (Å²) >= 11 is 0. The van der Waals surface area contributed by atoms with Crippen LogP contribution < -0.4 is 5.73 Å². The van der Waals surface area contributed by atoms with Gasteiger partial charge in [0.15, 0.2) is 23.8 Å². The predicted molar refractivity (Wildman–Crippen MR) is 153 cm³/mol. The highest BCUT2D eigenvalue weighted by Crippen LogP contribution is 2.48. The summed E-state index contributed by atoms with van der Waals surface area (Å²) in [6, 6.07) is 0. The number of nitrogen functional groups attached to an aromatic ring is 1. The fourth-order valence-electron chi connectivity index (χ4n) is 5.20. The molecule has 2 fully saturated rings. The number of likely N-dealkylation sites (tertiary alicyclic amines) is 1. The lowest BCUT2D eigenvalue weighted by molar-refractivity contribution is -0.140. The summed E-state index contributed by atoms with van der Waals surface area (Å²) in [4.78, 5) is 42.5. The van der Waals surface area contributed by atoms with Crippen LogP contribution in [-0.4, -0.2) is 76.6 Å². The second kappa shape index (κ2) is 11.2. The number of ether oxygens (including phenoxy) is 1. The van der Waals surface area contributed by atoms with Crippen molar-refractivity contribution in [3.63, 3.8) is 0 Å². The van der Waals surface area contributed by atoms with E-state index in [4.69, 9.17) is 35.2 Å². The Bertz CT molecular complexity index is 1620. The molecule has 0 bridgehead atoms. The van der Waals surface area contributed by atoms with Gasteiger partial charge in [-0.3, -0.25) is 0 Å². The quantitative estimate of drug-likeness (QED) is 0.326. The number of hydrogen-bond acceptors (Lipinski definition) is 11. The van der Waals surface area contributed by atoms with Crippen LogP contribution in [0.5, 0.6) is 0 Å². The maximum Gasteiger partial charge on any atom is 0.410 e. The van der Waals surface area contributed by atoms with Crippen LogP contribution >= 0.6 is 12.4 Å². The van der Waals surface area contributed by atoms with Gasteiger partial charge in [-0.2, -0.15) is 5.10 Å². The molecule has 14 nitrogen and oxygen atoms in total. The van der Waals surface area contributed by atoms with Gasteiger partial charge in [0.1, 0.15) is 23.5 Å². The topological polar surface area (TPSA) is 188 Å². The van der Waals surface area contributed by atoms with E-state index in [0.29, 0.717) is 65.6 Å². The molecule has 1 saturated carbocycles. The van der Waals surface area contributed by atoms with E-state index in [1.165, 1.54) is 11.2 Å². The lowest BCUT2D eigenvalue weighted by Crippen LogP contribution is -2.39. The Morgan fingerprint density at radius 2 is 1.74 bits per heavy atom. The minimum Gasteiger partial charge on any atom is -0.479 e. The lowest BCUT2D eigenvalue weighted by atomic mass is 9.91. The van der Waals surface area contributed by atoms with Crippen molar-refractivity contribution in [2.45, 2.75) is 63.8 Å². The first kappa shape index (κ1) is 29.2. The Kier molecular flexibility index (Phi) is 7.75. The maximum atomic E-state index is 12.1. The van der Waals surface area contributed by atoms with Gasteiger partial charge in [0.2, 0.25) is 0 Å². The molecule has 1 aliphatic carbocycles. The number of carboxylic acids is 1. The van der Waals surface area contributed by atoms with Crippen LogP contribution in [0.3, 0.4) is 0 Å². The van der Waals surface area contributed by atoms with E-state index < -0.39 is 18.7 Å². The van der Waals surface area contributed by atoms with E-state index in [1.54, 1.807) is 0 Å². The molecule has 15 heteroatoms. The summed E-state index contributed by atoms with van der Waals surface area (Å²) in [6.45, 7) is 6.37. The largest absolute Gasteiger partial charge is 0.479 e. The predicted octanol–water partition coefficient (Wildman–Crippen LogP) is 3.98. The Balaban J connectivity index is 0.00000353. The third kappa shape index (κ3) is 5.45. The van der Waals surface area contributed by atoms with Crippen LogP contribution in [0.2, 0.25) is 0 Å². The Morgan fingerprint density at radius 1 is 1.05 bits per heavy atom. The first-order valence-corrected chi connectivity index (χ1v) is 13.6. The molecule has 1 saturated heterocycles. The van der Waals surface area contributed by atoms with Crippen molar-refractivity contribution in [3.05, 3.63) is 30.0 Å². The summed E-state index contributed by atoms with van der Waals surface area (Å²) < 4.78 is 12.5. The number of hydrogen-bond donors (Lipinski definition) is 2. The van der Waals surface area contributed by atoms with Crippen LogP contribution in [-0.2, 0) is 15.1 Å². The third-order valence-corrected chi connectivity index (χ3v) is 7.46. The molecule has 6 rings (SSSR count). The summed E-state index contributed by atoms with van der Waals surface area (Å²) in [7, 11) is 0. The zero-order valence-electron chi connectivity index (χ0n) is 23.5. The number of aliphatic carboxylic acids is 1. The van der Waals surface area contributed by atoms with Crippen LogP contribution in [0.4, 0.5) is 10.6 Å². The standard InChI is InChI=1S/C27H31N9O5.ClH/c1-27(2,3)36-25-19(23(28)31-13-32-25)20(33-36)21-18(22(41-34-21)15-4-5-15)24-29-10-16(11-30-24)14-6-8-35(9-7-14)26(39)40-12-17(37)38;/h10-11,13-15H,4-9,12H2,1-3H3,(H,37,38)(H2,28,31,32);1H. The minimum atomic E-state index is -1.18. The molecule has 0 atom stereocenters. The van der Waals surface area contributed by atoms with Gasteiger partial charge in [-0.25, -0.2) is 34.2 Å². The molecule has 222 valence electrons.